The Labute approximate surface area is 199 Å². The van der Waals surface area contributed by atoms with Gasteiger partial charge in [-0.15, -0.1) is 0 Å². The zero-order chi connectivity index (χ0) is 23.0. The van der Waals surface area contributed by atoms with Crippen LogP contribution in [0.2, 0.25) is 0 Å². The molecule has 0 N–H and O–H groups in total. The van der Waals surface area contributed by atoms with E-state index in [0.717, 1.165) is 33.9 Å². The normalized spacial score (nSPS) is 11.3. The molecule has 0 aliphatic rings. The van der Waals surface area contributed by atoms with E-state index < -0.39 is 0 Å². The molecule has 5 rings (SSSR count). The van der Waals surface area contributed by atoms with E-state index in [1.807, 2.05) is 60.7 Å². The Hall–Kier alpha value is -4.70. The standard InChI is InChI=1S/C30H22N4/c1-3-19-31-29(5-1)21-33-27-15-11-25(12-16-27)23-7-9-24(10-8-23)26-13-17-28(18-14-26)34-22-30-6-2-4-20-32-30/h1-22H. The highest BCUT2D eigenvalue weighted by atomic mass is 14.8. The number of aromatic nitrogens is 2. The number of nitrogens with zero attached hydrogens (tertiary/aromatic N) is 4. The Bertz CT molecular complexity index is 1280. The zero-order valence-electron chi connectivity index (χ0n) is 18.5. The van der Waals surface area contributed by atoms with Crippen molar-refractivity contribution in [2.24, 2.45) is 9.98 Å². The fourth-order valence-electron chi connectivity index (χ4n) is 3.52. The number of rotatable bonds is 6. The summed E-state index contributed by atoms with van der Waals surface area (Å²) in [5, 5.41) is 0. The van der Waals surface area contributed by atoms with E-state index in [2.05, 4.69) is 68.5 Å². The Morgan fingerprint density at radius 3 is 1.09 bits per heavy atom. The first-order chi connectivity index (χ1) is 16.8. The lowest BCUT2D eigenvalue weighted by molar-refractivity contribution is 1.30. The van der Waals surface area contributed by atoms with Crippen LogP contribution in [-0.2, 0) is 0 Å². The van der Waals surface area contributed by atoms with Crippen LogP contribution in [0.5, 0.6) is 0 Å². The van der Waals surface area contributed by atoms with Gasteiger partial charge in [-0.3, -0.25) is 20.0 Å². The van der Waals surface area contributed by atoms with Gasteiger partial charge in [0.05, 0.1) is 35.2 Å². The third-order valence-corrected chi connectivity index (χ3v) is 5.35. The van der Waals surface area contributed by atoms with E-state index in [9.17, 15) is 0 Å². The van der Waals surface area contributed by atoms with Gasteiger partial charge >= 0.3 is 0 Å². The van der Waals surface area contributed by atoms with Crippen LogP contribution in [-0.4, -0.2) is 22.4 Å². The summed E-state index contributed by atoms with van der Waals surface area (Å²) in [4.78, 5) is 17.5. The average molecular weight is 439 g/mol. The molecule has 4 nitrogen and oxygen atoms in total. The van der Waals surface area contributed by atoms with Gasteiger partial charge in [-0.25, -0.2) is 0 Å². The molecule has 0 amide bonds. The van der Waals surface area contributed by atoms with E-state index in [4.69, 9.17) is 0 Å². The molecule has 0 radical (unpaired) electrons. The van der Waals surface area contributed by atoms with Crippen molar-refractivity contribution in [1.82, 2.24) is 9.97 Å². The first kappa shape index (κ1) is 21.2. The van der Waals surface area contributed by atoms with Crippen LogP contribution in [0, 0.1) is 0 Å². The van der Waals surface area contributed by atoms with E-state index in [1.54, 1.807) is 24.8 Å². The summed E-state index contributed by atoms with van der Waals surface area (Å²) in [7, 11) is 0. The van der Waals surface area contributed by atoms with E-state index >= 15 is 0 Å². The predicted octanol–water partition coefficient (Wildman–Crippen LogP) is 7.31. The van der Waals surface area contributed by atoms with Crippen LogP contribution in [0.15, 0.2) is 132 Å². The third kappa shape index (κ3) is 5.37. The largest absolute Gasteiger partial charge is 0.255 e. The van der Waals surface area contributed by atoms with Gasteiger partial charge in [-0.2, -0.15) is 0 Å². The summed E-state index contributed by atoms with van der Waals surface area (Å²) in [5.74, 6) is 0. The average Bonchev–Trinajstić information content (AvgIpc) is 2.93. The van der Waals surface area contributed by atoms with Crippen LogP contribution < -0.4 is 0 Å². The summed E-state index contributed by atoms with van der Waals surface area (Å²) in [6, 6.07) is 36.6. The summed E-state index contributed by atoms with van der Waals surface area (Å²) in [5.41, 5.74) is 8.13. The summed E-state index contributed by atoms with van der Waals surface area (Å²) in [6.07, 6.45) is 7.08. The molecule has 0 saturated heterocycles. The lowest BCUT2D eigenvalue weighted by atomic mass is 10.00. The van der Waals surface area contributed by atoms with Crippen LogP contribution in [0.4, 0.5) is 11.4 Å². The SMILES string of the molecule is C(=Nc1ccc(-c2ccc(-c3ccc(N=Cc4ccccn4)cc3)cc2)cc1)c1ccccn1. The number of aliphatic imine (C=N–C) groups is 2. The summed E-state index contributed by atoms with van der Waals surface area (Å²) >= 11 is 0. The zero-order valence-corrected chi connectivity index (χ0v) is 18.5. The second-order valence-corrected chi connectivity index (χ2v) is 7.70. The maximum atomic E-state index is 4.50. The summed E-state index contributed by atoms with van der Waals surface area (Å²) < 4.78 is 0. The molecule has 0 spiro atoms. The first-order valence-corrected chi connectivity index (χ1v) is 11.0. The van der Waals surface area contributed by atoms with Crippen molar-refractivity contribution in [1.29, 1.82) is 0 Å². The molecule has 0 unspecified atom stereocenters. The quantitative estimate of drug-likeness (QED) is 0.261. The maximum Gasteiger partial charge on any atom is 0.0812 e. The highest BCUT2D eigenvalue weighted by Crippen LogP contribution is 2.27. The van der Waals surface area contributed by atoms with Gasteiger partial charge in [0.15, 0.2) is 0 Å². The fraction of sp³-hybridized carbons (Fsp3) is 0. The minimum Gasteiger partial charge on any atom is -0.255 e. The van der Waals surface area contributed by atoms with Crippen molar-refractivity contribution < 1.29 is 0 Å². The molecule has 34 heavy (non-hydrogen) atoms. The van der Waals surface area contributed by atoms with E-state index in [1.165, 1.54) is 11.1 Å². The summed E-state index contributed by atoms with van der Waals surface area (Å²) in [6.45, 7) is 0. The highest BCUT2D eigenvalue weighted by molar-refractivity contribution is 5.81. The third-order valence-electron chi connectivity index (χ3n) is 5.35. The van der Waals surface area contributed by atoms with Crippen molar-refractivity contribution in [3.63, 3.8) is 0 Å². The van der Waals surface area contributed by atoms with Gasteiger partial charge in [-0.05, 0) is 70.8 Å². The predicted molar refractivity (Wildman–Crippen MR) is 140 cm³/mol. The van der Waals surface area contributed by atoms with Crippen molar-refractivity contribution in [3.8, 4) is 22.3 Å². The monoisotopic (exact) mass is 438 g/mol. The molecule has 0 aliphatic carbocycles. The number of benzene rings is 3. The number of hydrogen-bond donors (Lipinski definition) is 0. The number of hydrogen-bond acceptors (Lipinski definition) is 4. The topological polar surface area (TPSA) is 50.5 Å². The molecule has 2 heterocycles. The second kappa shape index (κ2) is 10.3. The highest BCUT2D eigenvalue weighted by Gasteiger charge is 2.01. The van der Waals surface area contributed by atoms with Crippen LogP contribution in [0.25, 0.3) is 22.3 Å². The molecule has 4 heteroatoms. The number of pyridine rings is 2. The van der Waals surface area contributed by atoms with Crippen LogP contribution in [0.3, 0.4) is 0 Å². The minimum atomic E-state index is 0.843. The molecule has 0 aliphatic heterocycles. The van der Waals surface area contributed by atoms with Gasteiger partial charge in [0.1, 0.15) is 0 Å². The van der Waals surface area contributed by atoms with Crippen molar-refractivity contribution in [2.75, 3.05) is 0 Å². The molecular formula is C30H22N4. The van der Waals surface area contributed by atoms with Crippen molar-refractivity contribution >= 4 is 23.8 Å². The van der Waals surface area contributed by atoms with E-state index in [0.29, 0.717) is 0 Å². The van der Waals surface area contributed by atoms with Gasteiger partial charge in [0, 0.05) is 12.4 Å². The van der Waals surface area contributed by atoms with Gasteiger partial charge < -0.3 is 0 Å². The van der Waals surface area contributed by atoms with Crippen molar-refractivity contribution in [2.45, 2.75) is 0 Å². The Morgan fingerprint density at radius 2 is 0.765 bits per heavy atom. The molecule has 0 bridgehead atoms. The van der Waals surface area contributed by atoms with Gasteiger partial charge in [0.2, 0.25) is 0 Å². The van der Waals surface area contributed by atoms with Crippen molar-refractivity contribution in [3.05, 3.63) is 133 Å². The molecule has 5 aromatic rings. The smallest absolute Gasteiger partial charge is 0.0812 e. The fourth-order valence-corrected chi connectivity index (χ4v) is 3.52. The minimum absolute atomic E-state index is 0.843. The van der Waals surface area contributed by atoms with Crippen LogP contribution >= 0.6 is 0 Å². The van der Waals surface area contributed by atoms with E-state index in [-0.39, 0.29) is 0 Å². The molecule has 2 aromatic heterocycles. The molecule has 0 fully saturated rings. The van der Waals surface area contributed by atoms with Crippen LogP contribution in [0.1, 0.15) is 11.4 Å². The van der Waals surface area contributed by atoms with Gasteiger partial charge in [-0.1, -0.05) is 60.7 Å². The lowest BCUT2D eigenvalue weighted by Gasteiger charge is -2.06. The second-order valence-electron chi connectivity index (χ2n) is 7.70. The first-order valence-electron chi connectivity index (χ1n) is 11.0. The molecular weight excluding hydrogens is 416 g/mol. The maximum absolute atomic E-state index is 4.50. The van der Waals surface area contributed by atoms with Gasteiger partial charge in [0.25, 0.3) is 0 Å². The Morgan fingerprint density at radius 1 is 0.412 bits per heavy atom. The molecule has 0 atom stereocenters. The Kier molecular flexibility index (Phi) is 6.40. The molecule has 3 aromatic carbocycles. The molecule has 0 saturated carbocycles. The lowest BCUT2D eigenvalue weighted by Crippen LogP contribution is -1.84. The Balaban J connectivity index is 1.25. The molecule has 162 valence electrons.